The Hall–Kier alpha value is -1.20. The van der Waals surface area contributed by atoms with Crippen molar-refractivity contribution < 1.29 is 23.4 Å². The van der Waals surface area contributed by atoms with Gasteiger partial charge in [-0.3, -0.25) is 0 Å². The number of phenolic OH excluding ortho intramolecular Hbond substituents is 1. The zero-order valence-electron chi connectivity index (χ0n) is 19.8. The van der Waals surface area contributed by atoms with Crippen LogP contribution in [0.5, 0.6) is 5.75 Å². The number of hydrogen-bond acceptors (Lipinski definition) is 3. The van der Waals surface area contributed by atoms with Crippen LogP contribution in [0.25, 0.3) is 0 Å². The summed E-state index contributed by atoms with van der Waals surface area (Å²) in [7, 11) is 0. The lowest BCUT2D eigenvalue weighted by molar-refractivity contribution is -0.181. The highest BCUT2D eigenvalue weighted by molar-refractivity contribution is 5.47. The van der Waals surface area contributed by atoms with Crippen molar-refractivity contribution in [2.45, 2.75) is 102 Å². The minimum absolute atomic E-state index is 0.0128. The predicted molar refractivity (Wildman–Crippen MR) is 123 cm³/mol. The van der Waals surface area contributed by atoms with E-state index in [9.17, 15) is 5.11 Å². The Balaban J connectivity index is 1.29. The van der Waals surface area contributed by atoms with Gasteiger partial charge in [0.05, 0.1) is 12.2 Å². The van der Waals surface area contributed by atoms with Crippen molar-refractivity contribution in [3.8, 4) is 5.75 Å². The van der Waals surface area contributed by atoms with E-state index in [4.69, 9.17) is 9.47 Å². The van der Waals surface area contributed by atoms with Gasteiger partial charge in [0.1, 0.15) is 5.75 Å². The third-order valence-corrected chi connectivity index (χ3v) is 10.2. The Morgan fingerprint density at radius 3 is 2.42 bits per heavy atom. The number of alkyl halides is 2. The third-order valence-electron chi connectivity index (χ3n) is 10.2. The monoisotopic (exact) mass is 460 g/mol. The molecule has 0 amide bonds. The van der Waals surface area contributed by atoms with Crippen LogP contribution in [0.1, 0.15) is 99.8 Å². The summed E-state index contributed by atoms with van der Waals surface area (Å²) in [6, 6.07) is 4.14. The second-order valence-electron chi connectivity index (χ2n) is 11.7. The van der Waals surface area contributed by atoms with E-state index in [1.54, 1.807) is 0 Å². The second kappa shape index (κ2) is 8.19. The van der Waals surface area contributed by atoms with Gasteiger partial charge in [0.2, 0.25) is 0 Å². The first-order valence-electron chi connectivity index (χ1n) is 13.4. The van der Waals surface area contributed by atoms with Crippen LogP contribution >= 0.6 is 0 Å². The molecule has 182 valence electrons. The van der Waals surface area contributed by atoms with E-state index in [0.29, 0.717) is 25.2 Å². The summed E-state index contributed by atoms with van der Waals surface area (Å²) < 4.78 is 43.8. The van der Waals surface area contributed by atoms with E-state index in [0.717, 1.165) is 70.0 Å². The number of hydrogen-bond donors (Lipinski definition) is 1. The Kier molecular flexibility index (Phi) is 5.53. The van der Waals surface area contributed by atoms with Crippen molar-refractivity contribution in [1.82, 2.24) is 0 Å². The lowest BCUT2D eigenvalue weighted by Crippen LogP contribution is -2.49. The van der Waals surface area contributed by atoms with Crippen molar-refractivity contribution in [3.05, 3.63) is 28.8 Å². The Morgan fingerprint density at radius 1 is 0.909 bits per heavy atom. The molecule has 2 unspecified atom stereocenters. The average molecular weight is 461 g/mol. The minimum atomic E-state index is -2.67. The molecule has 7 atom stereocenters. The fourth-order valence-corrected chi connectivity index (χ4v) is 8.35. The molecule has 0 bridgehead atoms. The van der Waals surface area contributed by atoms with Crippen molar-refractivity contribution in [1.29, 1.82) is 0 Å². The van der Waals surface area contributed by atoms with Gasteiger partial charge in [-0.2, -0.15) is 0 Å². The molecule has 0 spiro atoms. The summed E-state index contributed by atoms with van der Waals surface area (Å²) in [6.07, 6.45) is 9.48. The summed E-state index contributed by atoms with van der Waals surface area (Å²) in [6.45, 7) is 3.25. The van der Waals surface area contributed by atoms with Gasteiger partial charge < -0.3 is 14.6 Å². The van der Waals surface area contributed by atoms with E-state index in [-0.39, 0.29) is 30.0 Å². The molecule has 5 aliphatic rings. The fraction of sp³-hybridized carbons (Fsp3) is 0.786. The number of benzene rings is 1. The van der Waals surface area contributed by atoms with Gasteiger partial charge in [0.25, 0.3) is 5.92 Å². The maximum Gasteiger partial charge on any atom is 0.258 e. The van der Waals surface area contributed by atoms with E-state index in [1.165, 1.54) is 11.1 Å². The van der Waals surface area contributed by atoms with Crippen LogP contribution in [-0.2, 0) is 15.9 Å². The summed E-state index contributed by atoms with van der Waals surface area (Å²) in [5.74, 6) is -2.41. The molecule has 2 saturated carbocycles. The standard InChI is InChI=1S/C28H38F2O3/c1-27-11-10-18-19(22(27)16-23(28(27,29)30)26-7-3-5-13-33-26)9-8-17-14-21(24(31)15-20(17)18)25-6-2-4-12-32-25/h14-15,18-19,22-23,25-26,31H,2-13,16H2,1H3/t18-,19+,22-,23+,25?,26?,27-/m0/s1. The lowest BCUT2D eigenvalue weighted by Gasteiger charge is -2.50. The first-order chi connectivity index (χ1) is 15.9. The summed E-state index contributed by atoms with van der Waals surface area (Å²) in [5, 5.41) is 10.9. The number of fused-ring (bicyclic) bond motifs is 5. The van der Waals surface area contributed by atoms with E-state index in [2.05, 4.69) is 6.07 Å². The van der Waals surface area contributed by atoms with E-state index in [1.807, 2.05) is 13.0 Å². The number of aromatic hydroxyl groups is 1. The molecule has 1 N–H and O–H groups in total. The Labute approximate surface area is 196 Å². The number of phenols is 1. The number of halogens is 2. The highest BCUT2D eigenvalue weighted by atomic mass is 19.3. The van der Waals surface area contributed by atoms with Crippen LogP contribution in [0.3, 0.4) is 0 Å². The summed E-state index contributed by atoms with van der Waals surface area (Å²) >= 11 is 0. The molecule has 6 rings (SSSR count). The molecule has 4 fully saturated rings. The second-order valence-corrected chi connectivity index (χ2v) is 11.7. The normalized spacial score (nSPS) is 42.3. The molecule has 5 heteroatoms. The average Bonchev–Trinajstić information content (AvgIpc) is 3.05. The van der Waals surface area contributed by atoms with Gasteiger partial charge in [-0.25, -0.2) is 8.78 Å². The molecule has 2 aliphatic heterocycles. The molecule has 1 aromatic carbocycles. The van der Waals surface area contributed by atoms with Crippen LogP contribution in [-0.4, -0.2) is 30.3 Å². The van der Waals surface area contributed by atoms with Crippen molar-refractivity contribution in [3.63, 3.8) is 0 Å². The number of aryl methyl sites for hydroxylation is 1. The lowest BCUT2D eigenvalue weighted by atomic mass is 9.55. The van der Waals surface area contributed by atoms with Crippen LogP contribution in [0.4, 0.5) is 8.78 Å². The van der Waals surface area contributed by atoms with Crippen molar-refractivity contribution in [2.75, 3.05) is 13.2 Å². The molecular formula is C28H38F2O3. The highest BCUT2D eigenvalue weighted by Gasteiger charge is 2.69. The smallest absolute Gasteiger partial charge is 0.258 e. The van der Waals surface area contributed by atoms with E-state index < -0.39 is 17.3 Å². The maximum absolute atomic E-state index is 16.0. The predicted octanol–water partition coefficient (Wildman–Crippen LogP) is 6.92. The molecule has 1 aromatic rings. The zero-order chi connectivity index (χ0) is 22.8. The SMILES string of the molecule is C[C@]12CC[C@@H]3c4cc(O)c(C5CCCCO5)cc4CC[C@H]3[C@@H]1C[C@H](C1CCCCO1)C2(F)F. The highest BCUT2D eigenvalue weighted by Crippen LogP contribution is 2.68. The largest absolute Gasteiger partial charge is 0.508 e. The molecular weight excluding hydrogens is 422 g/mol. The first-order valence-corrected chi connectivity index (χ1v) is 13.4. The number of rotatable bonds is 2. The Morgan fingerprint density at radius 2 is 1.70 bits per heavy atom. The summed E-state index contributed by atoms with van der Waals surface area (Å²) in [5.41, 5.74) is 2.51. The van der Waals surface area contributed by atoms with Gasteiger partial charge in [-0.05, 0) is 112 Å². The molecule has 2 saturated heterocycles. The van der Waals surface area contributed by atoms with Gasteiger partial charge in [-0.1, -0.05) is 6.92 Å². The number of ether oxygens (including phenoxy) is 2. The third kappa shape index (κ3) is 3.39. The first kappa shape index (κ1) is 22.3. The van der Waals surface area contributed by atoms with Crippen molar-refractivity contribution in [2.24, 2.45) is 23.2 Å². The van der Waals surface area contributed by atoms with Crippen LogP contribution in [0.2, 0.25) is 0 Å². The molecule has 33 heavy (non-hydrogen) atoms. The van der Waals surface area contributed by atoms with Crippen LogP contribution in [0.15, 0.2) is 12.1 Å². The quantitative estimate of drug-likeness (QED) is 0.521. The Bertz CT molecular complexity index is 889. The maximum atomic E-state index is 16.0. The van der Waals surface area contributed by atoms with Crippen molar-refractivity contribution >= 4 is 0 Å². The van der Waals surface area contributed by atoms with Gasteiger partial charge in [0.15, 0.2) is 0 Å². The van der Waals surface area contributed by atoms with Crippen LogP contribution < -0.4 is 0 Å². The van der Waals surface area contributed by atoms with Gasteiger partial charge in [0, 0.05) is 30.1 Å². The molecule has 0 radical (unpaired) electrons. The molecule has 3 nitrogen and oxygen atoms in total. The molecule has 0 aromatic heterocycles. The van der Waals surface area contributed by atoms with Gasteiger partial charge in [-0.15, -0.1) is 0 Å². The van der Waals surface area contributed by atoms with Gasteiger partial charge >= 0.3 is 0 Å². The molecule has 3 aliphatic carbocycles. The summed E-state index contributed by atoms with van der Waals surface area (Å²) in [4.78, 5) is 0. The fourth-order valence-electron chi connectivity index (χ4n) is 8.35. The van der Waals surface area contributed by atoms with E-state index >= 15 is 8.78 Å². The molecule has 2 heterocycles. The topological polar surface area (TPSA) is 38.7 Å². The zero-order valence-corrected chi connectivity index (χ0v) is 19.8. The minimum Gasteiger partial charge on any atom is -0.508 e. The van der Waals surface area contributed by atoms with Crippen LogP contribution in [0, 0.1) is 23.2 Å².